The zero-order valence-corrected chi connectivity index (χ0v) is 15.5. The average molecular weight is 353 g/mol. The highest BCUT2D eigenvalue weighted by Gasteiger charge is 2.32. The minimum absolute atomic E-state index is 0.0827. The van der Waals surface area contributed by atoms with Crippen molar-refractivity contribution >= 4 is 15.9 Å². The van der Waals surface area contributed by atoms with E-state index in [4.69, 9.17) is 5.73 Å². The Morgan fingerprint density at radius 3 is 2.42 bits per heavy atom. The predicted octanol–water partition coefficient (Wildman–Crippen LogP) is 1.26. The maximum absolute atomic E-state index is 12.9. The monoisotopic (exact) mass is 353 g/mol. The first-order valence-corrected chi connectivity index (χ1v) is 9.83. The zero-order valence-electron chi connectivity index (χ0n) is 14.7. The van der Waals surface area contributed by atoms with Crippen LogP contribution in [-0.4, -0.2) is 55.8 Å². The largest absolute Gasteiger partial charge is 0.339 e. The molecule has 0 aliphatic carbocycles. The van der Waals surface area contributed by atoms with E-state index in [0.29, 0.717) is 37.5 Å². The molecular formula is C17H27N3O3S. The van der Waals surface area contributed by atoms with E-state index >= 15 is 0 Å². The Bertz CT molecular complexity index is 695. The Balaban J connectivity index is 2.08. The molecule has 7 heteroatoms. The predicted molar refractivity (Wildman–Crippen MR) is 94.1 cm³/mol. The van der Waals surface area contributed by atoms with Crippen molar-refractivity contribution in [3.05, 3.63) is 29.3 Å². The van der Waals surface area contributed by atoms with Gasteiger partial charge in [-0.25, -0.2) is 8.42 Å². The molecule has 1 aromatic carbocycles. The highest BCUT2D eigenvalue weighted by molar-refractivity contribution is 7.89. The van der Waals surface area contributed by atoms with Crippen molar-refractivity contribution in [2.75, 3.05) is 26.2 Å². The van der Waals surface area contributed by atoms with Crippen LogP contribution in [0, 0.1) is 13.8 Å². The quantitative estimate of drug-likeness (QED) is 0.864. The van der Waals surface area contributed by atoms with E-state index in [9.17, 15) is 13.2 Å². The molecule has 0 radical (unpaired) electrons. The van der Waals surface area contributed by atoms with Crippen molar-refractivity contribution < 1.29 is 13.2 Å². The van der Waals surface area contributed by atoms with Gasteiger partial charge >= 0.3 is 0 Å². The summed E-state index contributed by atoms with van der Waals surface area (Å²) in [4.78, 5) is 14.3. The molecule has 2 rings (SSSR count). The number of rotatable bonds is 5. The molecule has 24 heavy (non-hydrogen) atoms. The van der Waals surface area contributed by atoms with Crippen LogP contribution in [0.5, 0.6) is 0 Å². The number of carbonyl (C=O) groups excluding carboxylic acids is 1. The molecule has 1 fully saturated rings. The molecule has 1 heterocycles. The summed E-state index contributed by atoms with van der Waals surface area (Å²) < 4.78 is 27.2. The second-order valence-corrected chi connectivity index (χ2v) is 8.30. The summed E-state index contributed by atoms with van der Waals surface area (Å²) in [5.41, 5.74) is 7.54. The van der Waals surface area contributed by atoms with Crippen LogP contribution in [0.1, 0.15) is 30.9 Å². The summed E-state index contributed by atoms with van der Waals surface area (Å²) in [6, 6.07) is 4.95. The number of carbonyl (C=O) groups is 1. The van der Waals surface area contributed by atoms with Gasteiger partial charge < -0.3 is 10.6 Å². The van der Waals surface area contributed by atoms with Crippen molar-refractivity contribution in [1.29, 1.82) is 0 Å². The topological polar surface area (TPSA) is 83.7 Å². The highest BCUT2D eigenvalue weighted by atomic mass is 32.2. The van der Waals surface area contributed by atoms with E-state index < -0.39 is 16.1 Å². The number of hydrogen-bond acceptors (Lipinski definition) is 4. The van der Waals surface area contributed by atoms with Gasteiger partial charge in [0.15, 0.2) is 0 Å². The maximum atomic E-state index is 12.9. The van der Waals surface area contributed by atoms with E-state index in [1.165, 1.54) is 4.31 Å². The van der Waals surface area contributed by atoms with Gasteiger partial charge in [0.1, 0.15) is 0 Å². The smallest absolute Gasteiger partial charge is 0.243 e. The molecule has 6 nitrogen and oxygen atoms in total. The fraction of sp³-hybridized carbons (Fsp3) is 0.588. The van der Waals surface area contributed by atoms with Crippen molar-refractivity contribution in [2.45, 2.75) is 44.6 Å². The number of sulfonamides is 1. The SMILES string of the molecule is CCCC(N)C(=O)N1CCN(S(=O)(=O)c2cc(C)ccc2C)CC1. The van der Waals surface area contributed by atoms with Gasteiger partial charge in [-0.05, 0) is 37.5 Å². The van der Waals surface area contributed by atoms with Crippen LogP contribution in [-0.2, 0) is 14.8 Å². The Labute approximate surface area is 144 Å². The second kappa shape index (κ2) is 7.63. The summed E-state index contributed by atoms with van der Waals surface area (Å²) >= 11 is 0. The van der Waals surface area contributed by atoms with Gasteiger partial charge in [0.2, 0.25) is 15.9 Å². The van der Waals surface area contributed by atoms with Gasteiger partial charge in [0.25, 0.3) is 0 Å². The summed E-state index contributed by atoms with van der Waals surface area (Å²) in [6.45, 7) is 7.06. The van der Waals surface area contributed by atoms with Crippen molar-refractivity contribution in [1.82, 2.24) is 9.21 Å². The third-order valence-electron chi connectivity index (χ3n) is 4.43. The van der Waals surface area contributed by atoms with Crippen molar-refractivity contribution in [3.63, 3.8) is 0 Å². The van der Waals surface area contributed by atoms with Crippen LogP contribution in [0.4, 0.5) is 0 Å². The van der Waals surface area contributed by atoms with E-state index in [-0.39, 0.29) is 5.91 Å². The van der Waals surface area contributed by atoms with Gasteiger partial charge in [-0.2, -0.15) is 4.31 Å². The van der Waals surface area contributed by atoms with E-state index in [1.807, 2.05) is 26.0 Å². The van der Waals surface area contributed by atoms with Gasteiger partial charge in [-0.1, -0.05) is 25.5 Å². The summed E-state index contributed by atoms with van der Waals surface area (Å²) in [7, 11) is -3.53. The van der Waals surface area contributed by atoms with E-state index in [2.05, 4.69) is 0 Å². The number of aryl methyl sites for hydroxylation is 2. The van der Waals surface area contributed by atoms with Gasteiger partial charge in [-0.3, -0.25) is 4.79 Å². The molecule has 1 aromatic rings. The molecule has 0 saturated carbocycles. The number of piperazine rings is 1. The molecule has 1 unspecified atom stereocenters. The van der Waals surface area contributed by atoms with Crippen LogP contribution in [0.25, 0.3) is 0 Å². The highest BCUT2D eigenvalue weighted by Crippen LogP contribution is 2.22. The first-order chi connectivity index (χ1) is 11.3. The standard InChI is InChI=1S/C17H27N3O3S/c1-4-5-15(18)17(21)19-8-10-20(11-9-19)24(22,23)16-12-13(2)6-7-14(16)3/h6-7,12,15H,4-5,8-11,18H2,1-3H3. The molecule has 1 aliphatic heterocycles. The zero-order chi connectivity index (χ0) is 17.9. The second-order valence-electron chi connectivity index (χ2n) is 6.39. The summed E-state index contributed by atoms with van der Waals surface area (Å²) in [5.74, 6) is -0.0827. The average Bonchev–Trinajstić information content (AvgIpc) is 2.56. The third kappa shape index (κ3) is 3.96. The molecule has 0 bridgehead atoms. The molecule has 1 saturated heterocycles. The van der Waals surface area contributed by atoms with Crippen LogP contribution in [0.15, 0.2) is 23.1 Å². The van der Waals surface area contributed by atoms with Crippen molar-refractivity contribution in [3.8, 4) is 0 Å². The van der Waals surface area contributed by atoms with Gasteiger partial charge in [-0.15, -0.1) is 0 Å². The molecular weight excluding hydrogens is 326 g/mol. The Kier molecular flexibility index (Phi) is 6.01. The van der Waals surface area contributed by atoms with Gasteiger partial charge in [0, 0.05) is 26.2 Å². The molecule has 1 amide bonds. The summed E-state index contributed by atoms with van der Waals surface area (Å²) in [6.07, 6.45) is 1.51. The van der Waals surface area contributed by atoms with E-state index in [1.54, 1.807) is 17.9 Å². The number of benzene rings is 1. The van der Waals surface area contributed by atoms with E-state index in [0.717, 1.165) is 17.5 Å². The lowest BCUT2D eigenvalue weighted by Crippen LogP contribution is -2.54. The minimum Gasteiger partial charge on any atom is -0.339 e. The Morgan fingerprint density at radius 1 is 1.21 bits per heavy atom. The number of nitrogens with zero attached hydrogens (tertiary/aromatic N) is 2. The fourth-order valence-corrected chi connectivity index (χ4v) is 4.67. The molecule has 1 aliphatic rings. The first kappa shape index (κ1) is 18.9. The normalized spacial score (nSPS) is 17.8. The Morgan fingerprint density at radius 2 is 1.83 bits per heavy atom. The molecule has 0 aromatic heterocycles. The van der Waals surface area contributed by atoms with Crippen LogP contribution >= 0.6 is 0 Å². The minimum atomic E-state index is -3.53. The van der Waals surface area contributed by atoms with Crippen LogP contribution in [0.2, 0.25) is 0 Å². The lowest BCUT2D eigenvalue weighted by molar-refractivity contribution is -0.133. The maximum Gasteiger partial charge on any atom is 0.243 e. The first-order valence-electron chi connectivity index (χ1n) is 8.39. The third-order valence-corrected chi connectivity index (χ3v) is 6.47. The molecule has 134 valence electrons. The molecule has 2 N–H and O–H groups in total. The molecule has 0 spiro atoms. The molecule has 1 atom stereocenters. The van der Waals surface area contributed by atoms with Crippen LogP contribution in [0.3, 0.4) is 0 Å². The number of hydrogen-bond donors (Lipinski definition) is 1. The van der Waals surface area contributed by atoms with Crippen molar-refractivity contribution in [2.24, 2.45) is 5.73 Å². The summed E-state index contributed by atoms with van der Waals surface area (Å²) in [5, 5.41) is 0. The fourth-order valence-electron chi connectivity index (χ4n) is 2.94. The number of amides is 1. The lowest BCUT2D eigenvalue weighted by atomic mass is 10.1. The van der Waals surface area contributed by atoms with Gasteiger partial charge in [0.05, 0.1) is 10.9 Å². The Hall–Kier alpha value is -1.44. The van der Waals surface area contributed by atoms with Crippen LogP contribution < -0.4 is 5.73 Å². The number of nitrogens with two attached hydrogens (primary N) is 1. The lowest BCUT2D eigenvalue weighted by Gasteiger charge is -2.35.